The number of carbonyl (C=O) groups excluding carboxylic acids is 1. The van der Waals surface area contributed by atoms with Crippen molar-refractivity contribution < 1.29 is 13.9 Å². The Morgan fingerprint density at radius 3 is 2.85 bits per heavy atom. The van der Waals surface area contributed by atoms with Gasteiger partial charge in [-0.25, -0.2) is 4.39 Å². The van der Waals surface area contributed by atoms with Gasteiger partial charge in [0.2, 0.25) is 0 Å². The Bertz CT molecular complexity index is 503. The summed E-state index contributed by atoms with van der Waals surface area (Å²) in [5.41, 5.74) is 0.0109. The smallest absolute Gasteiger partial charge is 0.254 e. The van der Waals surface area contributed by atoms with E-state index in [1.54, 1.807) is 6.07 Å². The van der Waals surface area contributed by atoms with Crippen molar-refractivity contribution in [3.05, 3.63) is 29.6 Å². The number of nitrogens with one attached hydrogen (secondary N) is 2. The van der Waals surface area contributed by atoms with Gasteiger partial charge in [-0.1, -0.05) is 13.8 Å². The molecule has 0 aliphatic carbocycles. The van der Waals surface area contributed by atoms with Gasteiger partial charge >= 0.3 is 0 Å². The van der Waals surface area contributed by atoms with Crippen LogP contribution in [0.4, 0.5) is 4.39 Å². The highest BCUT2D eigenvalue weighted by atomic mass is 19.1. The van der Waals surface area contributed by atoms with E-state index in [-0.39, 0.29) is 22.9 Å². The summed E-state index contributed by atoms with van der Waals surface area (Å²) in [4.78, 5) is 12.2. The summed E-state index contributed by atoms with van der Waals surface area (Å²) in [7, 11) is 1.46. The van der Waals surface area contributed by atoms with Crippen molar-refractivity contribution in [3.8, 4) is 5.75 Å². The number of methoxy groups -OCH3 is 1. The van der Waals surface area contributed by atoms with Crippen molar-refractivity contribution in [1.29, 1.82) is 0 Å². The number of hydrogen-bond donors (Lipinski definition) is 2. The molecule has 1 saturated heterocycles. The molecule has 20 heavy (non-hydrogen) atoms. The first-order valence-corrected chi connectivity index (χ1v) is 6.79. The zero-order valence-corrected chi connectivity index (χ0v) is 12.1. The number of rotatable bonds is 3. The molecule has 0 saturated carbocycles. The second kappa shape index (κ2) is 5.79. The summed E-state index contributed by atoms with van der Waals surface area (Å²) in [5.74, 6) is -0.528. The molecule has 1 atom stereocenters. The van der Waals surface area contributed by atoms with Crippen LogP contribution in [-0.2, 0) is 0 Å². The average molecular weight is 280 g/mol. The lowest BCUT2D eigenvalue weighted by Crippen LogP contribution is -2.54. The third-order valence-corrected chi connectivity index (χ3v) is 3.86. The minimum Gasteiger partial charge on any atom is -0.497 e. The van der Waals surface area contributed by atoms with E-state index in [1.807, 2.05) is 0 Å². The largest absolute Gasteiger partial charge is 0.497 e. The standard InChI is InChI=1S/C15H21FN2O2/c1-15(2)9-17-7-6-13(15)18-14(19)11-5-4-10(20-3)8-12(11)16/h4-5,8,13,17H,6-7,9H2,1-3H3,(H,18,19). The van der Waals surface area contributed by atoms with E-state index in [1.165, 1.54) is 19.2 Å². The van der Waals surface area contributed by atoms with Crippen LogP contribution in [0.25, 0.3) is 0 Å². The van der Waals surface area contributed by atoms with Crippen molar-refractivity contribution in [2.75, 3.05) is 20.2 Å². The third-order valence-electron chi connectivity index (χ3n) is 3.86. The van der Waals surface area contributed by atoms with E-state index in [0.717, 1.165) is 19.5 Å². The van der Waals surface area contributed by atoms with Crippen LogP contribution in [0, 0.1) is 11.2 Å². The molecule has 1 aliphatic rings. The van der Waals surface area contributed by atoms with Gasteiger partial charge in [0, 0.05) is 18.7 Å². The Morgan fingerprint density at radius 1 is 1.50 bits per heavy atom. The maximum atomic E-state index is 13.9. The van der Waals surface area contributed by atoms with Crippen LogP contribution in [0.5, 0.6) is 5.75 Å². The predicted molar refractivity (Wildman–Crippen MR) is 75.5 cm³/mol. The first-order chi connectivity index (χ1) is 9.44. The van der Waals surface area contributed by atoms with Gasteiger partial charge in [-0.15, -0.1) is 0 Å². The molecule has 1 amide bonds. The lowest BCUT2D eigenvalue weighted by atomic mass is 9.80. The Balaban J connectivity index is 2.12. The molecular formula is C15H21FN2O2. The zero-order chi connectivity index (χ0) is 14.8. The van der Waals surface area contributed by atoms with Crippen molar-refractivity contribution in [2.24, 2.45) is 5.41 Å². The van der Waals surface area contributed by atoms with Crippen LogP contribution in [0.15, 0.2) is 18.2 Å². The second-order valence-electron chi connectivity index (χ2n) is 5.83. The molecule has 0 bridgehead atoms. The zero-order valence-electron chi connectivity index (χ0n) is 12.1. The molecule has 2 rings (SSSR count). The predicted octanol–water partition coefficient (Wildman–Crippen LogP) is 1.95. The van der Waals surface area contributed by atoms with E-state index in [0.29, 0.717) is 5.75 Å². The van der Waals surface area contributed by atoms with Crippen molar-refractivity contribution in [1.82, 2.24) is 10.6 Å². The van der Waals surface area contributed by atoms with Gasteiger partial charge in [-0.05, 0) is 30.5 Å². The fourth-order valence-electron chi connectivity index (χ4n) is 2.48. The number of amides is 1. The first kappa shape index (κ1) is 14.8. The highest BCUT2D eigenvalue weighted by Gasteiger charge is 2.33. The molecule has 1 fully saturated rings. The summed E-state index contributed by atoms with van der Waals surface area (Å²) in [6, 6.07) is 4.31. The summed E-state index contributed by atoms with van der Waals surface area (Å²) < 4.78 is 18.8. The first-order valence-electron chi connectivity index (χ1n) is 6.79. The number of benzene rings is 1. The fourth-order valence-corrected chi connectivity index (χ4v) is 2.48. The van der Waals surface area contributed by atoms with Crippen LogP contribution < -0.4 is 15.4 Å². The number of piperidine rings is 1. The Labute approximate surface area is 118 Å². The molecular weight excluding hydrogens is 259 g/mol. The van der Waals surface area contributed by atoms with Gasteiger partial charge in [0.05, 0.1) is 12.7 Å². The van der Waals surface area contributed by atoms with Crippen LogP contribution in [0.3, 0.4) is 0 Å². The van der Waals surface area contributed by atoms with Gasteiger partial charge in [0.1, 0.15) is 11.6 Å². The summed E-state index contributed by atoms with van der Waals surface area (Å²) >= 11 is 0. The Kier molecular flexibility index (Phi) is 4.28. The van der Waals surface area contributed by atoms with Crippen molar-refractivity contribution >= 4 is 5.91 Å². The third kappa shape index (κ3) is 3.10. The average Bonchev–Trinajstić information content (AvgIpc) is 2.40. The highest BCUT2D eigenvalue weighted by molar-refractivity contribution is 5.94. The van der Waals surface area contributed by atoms with Gasteiger partial charge in [0.15, 0.2) is 0 Å². The topological polar surface area (TPSA) is 50.4 Å². The van der Waals surface area contributed by atoms with E-state index >= 15 is 0 Å². The van der Waals surface area contributed by atoms with Gasteiger partial charge in [0.25, 0.3) is 5.91 Å². The molecule has 1 aromatic carbocycles. The minimum absolute atomic E-state index is 0.0396. The molecule has 0 aromatic heterocycles. The molecule has 1 aliphatic heterocycles. The molecule has 110 valence electrons. The summed E-state index contributed by atoms with van der Waals surface area (Å²) in [6.45, 7) is 5.88. The van der Waals surface area contributed by atoms with E-state index in [4.69, 9.17) is 4.74 Å². The maximum absolute atomic E-state index is 13.9. The van der Waals surface area contributed by atoms with Crippen molar-refractivity contribution in [3.63, 3.8) is 0 Å². The highest BCUT2D eigenvalue weighted by Crippen LogP contribution is 2.25. The maximum Gasteiger partial charge on any atom is 0.254 e. The fraction of sp³-hybridized carbons (Fsp3) is 0.533. The number of carbonyl (C=O) groups is 1. The van der Waals surface area contributed by atoms with Crippen molar-refractivity contribution in [2.45, 2.75) is 26.3 Å². The van der Waals surface area contributed by atoms with Gasteiger partial charge in [-0.3, -0.25) is 4.79 Å². The molecule has 5 heteroatoms. The lowest BCUT2D eigenvalue weighted by molar-refractivity contribution is 0.0864. The number of ether oxygens (including phenoxy) is 1. The normalized spacial score (nSPS) is 21.3. The molecule has 1 unspecified atom stereocenters. The van der Waals surface area contributed by atoms with Crippen LogP contribution in [-0.4, -0.2) is 32.1 Å². The van der Waals surface area contributed by atoms with Crippen LogP contribution in [0.2, 0.25) is 0 Å². The van der Waals surface area contributed by atoms with Crippen LogP contribution >= 0.6 is 0 Å². The van der Waals surface area contributed by atoms with E-state index in [9.17, 15) is 9.18 Å². The molecule has 2 N–H and O–H groups in total. The molecule has 4 nitrogen and oxygen atoms in total. The summed E-state index contributed by atoms with van der Waals surface area (Å²) in [6.07, 6.45) is 0.844. The molecule has 1 heterocycles. The second-order valence-corrected chi connectivity index (χ2v) is 5.83. The molecule has 1 aromatic rings. The van der Waals surface area contributed by atoms with Gasteiger partial charge < -0.3 is 15.4 Å². The Hall–Kier alpha value is -1.62. The molecule has 0 spiro atoms. The summed E-state index contributed by atoms with van der Waals surface area (Å²) in [5, 5.41) is 6.25. The number of hydrogen-bond acceptors (Lipinski definition) is 3. The minimum atomic E-state index is -0.561. The SMILES string of the molecule is COc1ccc(C(=O)NC2CCNCC2(C)C)c(F)c1. The van der Waals surface area contributed by atoms with E-state index in [2.05, 4.69) is 24.5 Å². The van der Waals surface area contributed by atoms with E-state index < -0.39 is 5.82 Å². The van der Waals surface area contributed by atoms with Gasteiger partial charge in [-0.2, -0.15) is 0 Å². The quantitative estimate of drug-likeness (QED) is 0.890. The van der Waals surface area contributed by atoms with Crippen LogP contribution in [0.1, 0.15) is 30.6 Å². The lowest BCUT2D eigenvalue weighted by Gasteiger charge is -2.39. The monoisotopic (exact) mass is 280 g/mol. The Morgan fingerprint density at radius 2 is 2.25 bits per heavy atom. The molecule has 0 radical (unpaired) electrons. The number of halogens is 1.